The first kappa shape index (κ1) is 17.5. The zero-order valence-electron chi connectivity index (χ0n) is 14.4. The van der Waals surface area contributed by atoms with Crippen LogP contribution in [-0.2, 0) is 4.79 Å². The number of nitrogens with zero attached hydrogens (tertiary/aromatic N) is 1. The maximum atomic E-state index is 12.8. The molecule has 1 saturated heterocycles. The van der Waals surface area contributed by atoms with Crippen molar-refractivity contribution >= 4 is 46.6 Å². The molecule has 0 unspecified atom stereocenters. The number of halogens is 1. The van der Waals surface area contributed by atoms with Crippen LogP contribution >= 0.6 is 23.8 Å². The summed E-state index contributed by atoms with van der Waals surface area (Å²) in [6.45, 7) is 1.97. The van der Waals surface area contributed by atoms with Crippen LogP contribution in [0, 0.1) is 6.92 Å². The summed E-state index contributed by atoms with van der Waals surface area (Å²) in [6, 6.07) is 18.7. The zero-order valence-corrected chi connectivity index (χ0v) is 16.0. The van der Waals surface area contributed by atoms with E-state index in [0.29, 0.717) is 27.4 Å². The zero-order chi connectivity index (χ0) is 19.0. The fourth-order valence-electron chi connectivity index (χ4n) is 2.91. The van der Waals surface area contributed by atoms with Crippen molar-refractivity contribution in [2.75, 3.05) is 4.90 Å². The molecule has 0 radical (unpaired) electrons. The fraction of sp³-hybridized carbons (Fsp3) is 0.0476. The quantitative estimate of drug-likeness (QED) is 0.491. The van der Waals surface area contributed by atoms with Gasteiger partial charge in [0.25, 0.3) is 5.91 Å². The molecule has 2 aromatic carbocycles. The summed E-state index contributed by atoms with van der Waals surface area (Å²) in [5.74, 6) is 1.01. The number of amides is 1. The van der Waals surface area contributed by atoms with Gasteiger partial charge in [-0.1, -0.05) is 35.9 Å². The predicted molar refractivity (Wildman–Crippen MR) is 112 cm³/mol. The number of carbonyl (C=O) groups excluding carboxylic acids is 1. The summed E-state index contributed by atoms with van der Waals surface area (Å²) in [4.78, 5) is 14.3. The van der Waals surface area contributed by atoms with Crippen molar-refractivity contribution in [3.8, 4) is 11.3 Å². The first-order valence-electron chi connectivity index (χ1n) is 8.31. The lowest BCUT2D eigenvalue weighted by Gasteiger charge is -2.14. The number of benzene rings is 2. The highest BCUT2D eigenvalue weighted by Crippen LogP contribution is 2.27. The minimum absolute atomic E-state index is 0.216. The Labute approximate surface area is 167 Å². The molecule has 6 heteroatoms. The SMILES string of the molecule is Cc1cccc(N2C(=O)/C(=C\c3ccc(-c4cccc(Cl)c4)o3)NC2=S)c1. The van der Waals surface area contributed by atoms with Crippen molar-refractivity contribution in [2.45, 2.75) is 6.92 Å². The molecule has 1 fully saturated rings. The maximum Gasteiger partial charge on any atom is 0.281 e. The highest BCUT2D eigenvalue weighted by atomic mass is 35.5. The Morgan fingerprint density at radius 3 is 2.70 bits per heavy atom. The number of aryl methyl sites for hydroxylation is 1. The minimum atomic E-state index is -0.216. The van der Waals surface area contributed by atoms with Crippen molar-refractivity contribution in [1.82, 2.24) is 5.32 Å². The van der Waals surface area contributed by atoms with Gasteiger partial charge in [0.2, 0.25) is 0 Å². The van der Waals surface area contributed by atoms with Gasteiger partial charge in [-0.3, -0.25) is 9.69 Å². The minimum Gasteiger partial charge on any atom is -0.457 e. The van der Waals surface area contributed by atoms with Gasteiger partial charge in [0.05, 0.1) is 5.69 Å². The summed E-state index contributed by atoms with van der Waals surface area (Å²) in [5, 5.41) is 3.95. The second-order valence-electron chi connectivity index (χ2n) is 6.18. The van der Waals surface area contributed by atoms with Crippen molar-refractivity contribution < 1.29 is 9.21 Å². The molecule has 3 aromatic rings. The normalized spacial score (nSPS) is 15.5. The Morgan fingerprint density at radius 2 is 1.93 bits per heavy atom. The number of hydrogen-bond donors (Lipinski definition) is 1. The highest BCUT2D eigenvalue weighted by Gasteiger charge is 2.32. The van der Waals surface area contributed by atoms with Gasteiger partial charge in [-0.2, -0.15) is 0 Å². The van der Waals surface area contributed by atoms with Crippen molar-refractivity contribution in [3.05, 3.63) is 82.7 Å². The molecule has 1 amide bonds. The number of rotatable bonds is 3. The first-order valence-corrected chi connectivity index (χ1v) is 9.09. The number of furan rings is 1. The van der Waals surface area contributed by atoms with Crippen molar-refractivity contribution in [3.63, 3.8) is 0 Å². The van der Waals surface area contributed by atoms with Gasteiger partial charge in [-0.25, -0.2) is 0 Å². The van der Waals surface area contributed by atoms with Gasteiger partial charge in [0.15, 0.2) is 5.11 Å². The second-order valence-corrected chi connectivity index (χ2v) is 7.00. The van der Waals surface area contributed by atoms with Crippen LogP contribution in [-0.4, -0.2) is 11.0 Å². The average molecular weight is 395 g/mol. The number of hydrogen-bond acceptors (Lipinski definition) is 3. The van der Waals surface area contributed by atoms with Crippen LogP contribution in [0.3, 0.4) is 0 Å². The third-order valence-corrected chi connectivity index (χ3v) is 4.68. The smallest absolute Gasteiger partial charge is 0.281 e. The predicted octanol–water partition coefficient (Wildman–Crippen LogP) is 5.17. The molecule has 2 heterocycles. The number of thiocarbonyl (C=S) groups is 1. The molecule has 0 saturated carbocycles. The van der Waals surface area contributed by atoms with E-state index in [1.807, 2.05) is 55.5 Å². The lowest BCUT2D eigenvalue weighted by atomic mass is 10.2. The van der Waals surface area contributed by atoms with E-state index in [0.717, 1.165) is 16.8 Å². The molecular formula is C21H15ClN2O2S. The van der Waals surface area contributed by atoms with Gasteiger partial charge < -0.3 is 9.73 Å². The molecule has 27 heavy (non-hydrogen) atoms. The van der Waals surface area contributed by atoms with E-state index < -0.39 is 0 Å². The molecule has 1 aliphatic rings. The number of nitrogens with one attached hydrogen (secondary N) is 1. The van der Waals surface area contributed by atoms with Crippen LogP contribution in [0.15, 0.2) is 70.8 Å². The van der Waals surface area contributed by atoms with Crippen LogP contribution in [0.4, 0.5) is 5.69 Å². The van der Waals surface area contributed by atoms with E-state index in [2.05, 4.69) is 5.32 Å². The van der Waals surface area contributed by atoms with Gasteiger partial charge in [-0.05, 0) is 61.1 Å². The summed E-state index contributed by atoms with van der Waals surface area (Å²) in [7, 11) is 0. The second kappa shape index (κ2) is 7.02. The lowest BCUT2D eigenvalue weighted by molar-refractivity contribution is -0.113. The first-order chi connectivity index (χ1) is 13.0. The molecule has 4 nitrogen and oxygen atoms in total. The molecule has 0 spiro atoms. The largest absolute Gasteiger partial charge is 0.457 e. The molecule has 1 aliphatic heterocycles. The molecule has 1 aromatic heterocycles. The third-order valence-electron chi connectivity index (χ3n) is 4.16. The van der Waals surface area contributed by atoms with E-state index in [1.54, 1.807) is 18.2 Å². The molecule has 1 N–H and O–H groups in total. The van der Waals surface area contributed by atoms with Crippen molar-refractivity contribution in [1.29, 1.82) is 0 Å². The summed E-state index contributed by atoms with van der Waals surface area (Å²) >= 11 is 11.4. The Kier molecular flexibility index (Phi) is 4.56. The third kappa shape index (κ3) is 3.52. The molecule has 0 bridgehead atoms. The maximum absolute atomic E-state index is 12.8. The Balaban J connectivity index is 1.62. The van der Waals surface area contributed by atoms with Gasteiger partial charge in [0, 0.05) is 16.7 Å². The standard InChI is InChI=1S/C21H15ClN2O2S/c1-13-4-2-7-16(10-13)24-20(25)18(23-21(24)27)12-17-8-9-19(26-17)14-5-3-6-15(22)11-14/h2-12H,1H3,(H,23,27)/b18-12+. The van der Waals surface area contributed by atoms with Gasteiger partial charge >= 0.3 is 0 Å². The molecule has 0 aliphatic carbocycles. The Hall–Kier alpha value is -2.89. The van der Waals surface area contributed by atoms with Gasteiger partial charge in [0.1, 0.15) is 17.2 Å². The fourth-order valence-corrected chi connectivity index (χ4v) is 3.39. The summed E-state index contributed by atoms with van der Waals surface area (Å²) in [5.41, 5.74) is 3.03. The van der Waals surface area contributed by atoms with Crippen LogP contribution in [0.1, 0.15) is 11.3 Å². The Bertz CT molecular complexity index is 1090. The lowest BCUT2D eigenvalue weighted by Crippen LogP contribution is -2.30. The van der Waals surface area contributed by atoms with Gasteiger partial charge in [-0.15, -0.1) is 0 Å². The van der Waals surface area contributed by atoms with Crippen LogP contribution in [0.5, 0.6) is 0 Å². The van der Waals surface area contributed by atoms with Crippen LogP contribution < -0.4 is 10.2 Å². The van der Waals surface area contributed by atoms with E-state index in [4.69, 9.17) is 28.2 Å². The monoisotopic (exact) mass is 394 g/mol. The molecular weight excluding hydrogens is 380 g/mol. The molecule has 4 rings (SSSR count). The van der Waals surface area contributed by atoms with E-state index in [-0.39, 0.29) is 5.91 Å². The topological polar surface area (TPSA) is 45.5 Å². The number of carbonyl (C=O) groups is 1. The van der Waals surface area contributed by atoms with Crippen LogP contribution in [0.2, 0.25) is 5.02 Å². The molecule has 0 atom stereocenters. The van der Waals surface area contributed by atoms with E-state index in [1.165, 1.54) is 4.90 Å². The summed E-state index contributed by atoms with van der Waals surface area (Å²) in [6.07, 6.45) is 1.65. The Morgan fingerprint density at radius 1 is 1.11 bits per heavy atom. The van der Waals surface area contributed by atoms with Crippen molar-refractivity contribution in [2.24, 2.45) is 0 Å². The highest BCUT2D eigenvalue weighted by molar-refractivity contribution is 7.80. The number of anilines is 1. The molecule has 134 valence electrons. The van der Waals surface area contributed by atoms with E-state index in [9.17, 15) is 4.79 Å². The average Bonchev–Trinajstić information content (AvgIpc) is 3.20. The van der Waals surface area contributed by atoms with E-state index >= 15 is 0 Å². The summed E-state index contributed by atoms with van der Waals surface area (Å²) < 4.78 is 5.84. The van der Waals surface area contributed by atoms with Crippen LogP contribution in [0.25, 0.3) is 17.4 Å².